The molecule has 0 aliphatic rings. The molecule has 0 saturated carbocycles. The van der Waals surface area contributed by atoms with E-state index in [9.17, 15) is 4.79 Å². The van der Waals surface area contributed by atoms with E-state index in [0.29, 0.717) is 22.4 Å². The summed E-state index contributed by atoms with van der Waals surface area (Å²) in [6.07, 6.45) is 1.62. The van der Waals surface area contributed by atoms with E-state index in [2.05, 4.69) is 20.8 Å². The lowest BCUT2D eigenvalue weighted by atomic mass is 10.3. The Balaban J connectivity index is 1.52. The Bertz CT molecular complexity index is 838. The third kappa shape index (κ3) is 5.22. The number of thioether (sulfide) groups is 1. The Hall–Kier alpha value is -2.03. The number of benzene rings is 1. The number of amides is 1. The fraction of sp³-hybridized carbons (Fsp3) is 0.188. The van der Waals surface area contributed by atoms with E-state index in [1.807, 2.05) is 19.1 Å². The molecular weight excluding hydrogens is 380 g/mol. The normalized spacial score (nSPS) is 11.9. The van der Waals surface area contributed by atoms with Crippen LogP contribution in [0.4, 0.5) is 10.8 Å². The highest BCUT2D eigenvalue weighted by Gasteiger charge is 2.17. The Labute approximate surface area is 158 Å². The van der Waals surface area contributed by atoms with Crippen LogP contribution in [0.2, 0.25) is 5.02 Å². The summed E-state index contributed by atoms with van der Waals surface area (Å²) in [7, 11) is 0. The van der Waals surface area contributed by atoms with Crippen LogP contribution in [0.15, 0.2) is 51.4 Å². The van der Waals surface area contributed by atoms with Crippen LogP contribution in [0.3, 0.4) is 0 Å². The van der Waals surface area contributed by atoms with Gasteiger partial charge in [-0.1, -0.05) is 40.8 Å². The van der Waals surface area contributed by atoms with E-state index in [1.54, 1.807) is 30.5 Å². The second-order valence-electron chi connectivity index (χ2n) is 5.07. The Morgan fingerprint density at radius 2 is 2.24 bits per heavy atom. The van der Waals surface area contributed by atoms with Crippen molar-refractivity contribution in [1.29, 1.82) is 0 Å². The van der Waals surface area contributed by atoms with Crippen molar-refractivity contribution >= 4 is 51.4 Å². The first-order chi connectivity index (χ1) is 12.1. The summed E-state index contributed by atoms with van der Waals surface area (Å²) in [6, 6.07) is 10.8. The number of hydrogen-bond donors (Lipinski definition) is 2. The Morgan fingerprint density at radius 1 is 1.36 bits per heavy atom. The molecule has 6 nitrogen and oxygen atoms in total. The largest absolute Gasteiger partial charge is 0.467 e. The van der Waals surface area contributed by atoms with E-state index < -0.39 is 0 Å². The molecular formula is C16H15ClN4O2S2. The van der Waals surface area contributed by atoms with Crippen molar-refractivity contribution in [2.24, 2.45) is 0 Å². The topological polar surface area (TPSA) is 80.1 Å². The lowest BCUT2D eigenvalue weighted by Crippen LogP contribution is -2.22. The van der Waals surface area contributed by atoms with E-state index >= 15 is 0 Å². The predicted octanol–water partition coefficient (Wildman–Crippen LogP) is 4.52. The third-order valence-corrected chi connectivity index (χ3v) is 5.44. The standard InChI is InChI=1S/C16H15ClN4O2S2/c1-10(14(22)19-12-5-2-4-11(17)8-12)24-16-21-20-15(25-16)18-9-13-6-3-7-23-13/h2-8,10H,9H2,1H3,(H,18,20)(H,19,22). The Morgan fingerprint density at radius 3 is 3.00 bits per heavy atom. The molecule has 2 heterocycles. The highest BCUT2D eigenvalue weighted by molar-refractivity contribution is 8.02. The van der Waals surface area contributed by atoms with Crippen LogP contribution in [0.25, 0.3) is 0 Å². The summed E-state index contributed by atoms with van der Waals surface area (Å²) < 4.78 is 5.97. The molecule has 0 radical (unpaired) electrons. The van der Waals surface area contributed by atoms with Crippen LogP contribution in [-0.4, -0.2) is 21.4 Å². The van der Waals surface area contributed by atoms with Gasteiger partial charge in [-0.05, 0) is 37.3 Å². The molecule has 25 heavy (non-hydrogen) atoms. The summed E-state index contributed by atoms with van der Waals surface area (Å²) in [4.78, 5) is 12.3. The highest BCUT2D eigenvalue weighted by atomic mass is 35.5. The van der Waals surface area contributed by atoms with Gasteiger partial charge in [-0.15, -0.1) is 10.2 Å². The molecule has 0 aliphatic heterocycles. The summed E-state index contributed by atoms with van der Waals surface area (Å²) in [5.74, 6) is 0.700. The van der Waals surface area contributed by atoms with Crippen LogP contribution in [0, 0.1) is 0 Å². The summed E-state index contributed by atoms with van der Waals surface area (Å²) in [6.45, 7) is 2.36. The van der Waals surface area contributed by atoms with Crippen LogP contribution < -0.4 is 10.6 Å². The van der Waals surface area contributed by atoms with Crippen molar-refractivity contribution in [3.8, 4) is 0 Å². The predicted molar refractivity (Wildman–Crippen MR) is 101 cm³/mol. The number of rotatable bonds is 7. The molecule has 0 saturated heterocycles. The van der Waals surface area contributed by atoms with Crippen molar-refractivity contribution < 1.29 is 9.21 Å². The first kappa shape index (κ1) is 17.8. The lowest BCUT2D eigenvalue weighted by molar-refractivity contribution is -0.115. The van der Waals surface area contributed by atoms with Gasteiger partial charge in [-0.25, -0.2) is 0 Å². The molecule has 0 fully saturated rings. The Kier molecular flexibility index (Phi) is 5.95. The molecule has 0 bridgehead atoms. The zero-order valence-electron chi connectivity index (χ0n) is 13.2. The third-order valence-electron chi connectivity index (χ3n) is 3.14. The zero-order chi connectivity index (χ0) is 17.6. The number of furan rings is 1. The number of nitrogens with zero attached hydrogens (tertiary/aromatic N) is 2. The number of nitrogens with one attached hydrogen (secondary N) is 2. The number of carbonyl (C=O) groups excluding carboxylic acids is 1. The lowest BCUT2D eigenvalue weighted by Gasteiger charge is -2.10. The van der Waals surface area contributed by atoms with Gasteiger partial charge < -0.3 is 15.1 Å². The van der Waals surface area contributed by atoms with Crippen molar-refractivity contribution in [2.45, 2.75) is 23.1 Å². The summed E-state index contributed by atoms with van der Waals surface area (Å²) in [5.41, 5.74) is 0.669. The van der Waals surface area contributed by atoms with E-state index in [-0.39, 0.29) is 11.2 Å². The summed E-state index contributed by atoms with van der Waals surface area (Å²) in [5, 5.41) is 15.1. The fourth-order valence-corrected chi connectivity index (χ4v) is 4.00. The fourth-order valence-electron chi connectivity index (χ4n) is 1.92. The van der Waals surface area contributed by atoms with Gasteiger partial charge in [0, 0.05) is 10.7 Å². The number of anilines is 2. The second-order valence-corrected chi connectivity index (χ2v) is 8.07. The molecule has 3 aromatic rings. The molecule has 2 N–H and O–H groups in total. The highest BCUT2D eigenvalue weighted by Crippen LogP contribution is 2.29. The van der Waals surface area contributed by atoms with Gasteiger partial charge in [-0.3, -0.25) is 4.79 Å². The van der Waals surface area contributed by atoms with Crippen LogP contribution in [-0.2, 0) is 11.3 Å². The maximum absolute atomic E-state index is 12.3. The molecule has 1 amide bonds. The van der Waals surface area contributed by atoms with Gasteiger partial charge in [0.05, 0.1) is 18.1 Å². The van der Waals surface area contributed by atoms with Crippen molar-refractivity contribution in [2.75, 3.05) is 10.6 Å². The minimum atomic E-state index is -0.315. The second kappa shape index (κ2) is 8.37. The molecule has 2 aromatic heterocycles. The quantitative estimate of drug-likeness (QED) is 0.573. The number of aromatic nitrogens is 2. The maximum atomic E-state index is 12.3. The number of hydrogen-bond acceptors (Lipinski definition) is 7. The van der Waals surface area contributed by atoms with Gasteiger partial charge >= 0.3 is 0 Å². The smallest absolute Gasteiger partial charge is 0.237 e. The molecule has 1 aromatic carbocycles. The van der Waals surface area contributed by atoms with Crippen LogP contribution in [0.5, 0.6) is 0 Å². The van der Waals surface area contributed by atoms with Gasteiger partial charge in [0.25, 0.3) is 0 Å². The van der Waals surface area contributed by atoms with E-state index in [1.165, 1.54) is 23.1 Å². The molecule has 130 valence electrons. The minimum Gasteiger partial charge on any atom is -0.467 e. The van der Waals surface area contributed by atoms with Gasteiger partial charge in [-0.2, -0.15) is 0 Å². The average molecular weight is 395 g/mol. The first-order valence-electron chi connectivity index (χ1n) is 7.43. The summed E-state index contributed by atoms with van der Waals surface area (Å²) >= 11 is 8.67. The first-order valence-corrected chi connectivity index (χ1v) is 9.50. The number of carbonyl (C=O) groups is 1. The average Bonchev–Trinajstić information content (AvgIpc) is 3.24. The molecule has 3 rings (SSSR count). The minimum absolute atomic E-state index is 0.118. The molecule has 1 unspecified atom stereocenters. The van der Waals surface area contributed by atoms with E-state index in [4.69, 9.17) is 16.0 Å². The molecule has 0 spiro atoms. The maximum Gasteiger partial charge on any atom is 0.237 e. The molecule has 0 aliphatic carbocycles. The monoisotopic (exact) mass is 394 g/mol. The van der Waals surface area contributed by atoms with Crippen molar-refractivity contribution in [3.05, 3.63) is 53.4 Å². The SMILES string of the molecule is CC(Sc1nnc(NCc2ccco2)s1)C(=O)Nc1cccc(Cl)c1. The number of halogens is 1. The van der Waals surface area contributed by atoms with Crippen LogP contribution in [0.1, 0.15) is 12.7 Å². The van der Waals surface area contributed by atoms with Crippen molar-refractivity contribution in [3.63, 3.8) is 0 Å². The molecule has 9 heteroatoms. The van der Waals surface area contributed by atoms with E-state index in [0.717, 1.165) is 10.1 Å². The van der Waals surface area contributed by atoms with Crippen LogP contribution >= 0.6 is 34.7 Å². The molecule has 1 atom stereocenters. The zero-order valence-corrected chi connectivity index (χ0v) is 15.6. The van der Waals surface area contributed by atoms with Gasteiger partial charge in [0.2, 0.25) is 11.0 Å². The van der Waals surface area contributed by atoms with Crippen molar-refractivity contribution in [1.82, 2.24) is 10.2 Å². The van der Waals surface area contributed by atoms with Gasteiger partial charge in [0.1, 0.15) is 5.76 Å². The van der Waals surface area contributed by atoms with Gasteiger partial charge in [0.15, 0.2) is 4.34 Å².